The molecule has 0 amide bonds. The summed E-state index contributed by atoms with van der Waals surface area (Å²) in [5.74, 6) is 0. The van der Waals surface area contributed by atoms with Crippen LogP contribution < -0.4 is 5.32 Å². The van der Waals surface area contributed by atoms with Crippen molar-refractivity contribution in [3.63, 3.8) is 0 Å². The predicted molar refractivity (Wildman–Crippen MR) is 65.1 cm³/mol. The minimum atomic E-state index is 0.342. The van der Waals surface area contributed by atoms with Gasteiger partial charge in [0.2, 0.25) is 0 Å². The van der Waals surface area contributed by atoms with Gasteiger partial charge in [0.05, 0.1) is 0 Å². The Balaban J connectivity index is 2.05. The van der Waals surface area contributed by atoms with Crippen LogP contribution in [-0.4, -0.2) is 35.6 Å². The van der Waals surface area contributed by atoms with Crippen molar-refractivity contribution in [2.24, 2.45) is 0 Å². The van der Waals surface area contributed by atoms with Gasteiger partial charge in [-0.15, -0.1) is 0 Å². The van der Waals surface area contributed by atoms with Crippen molar-refractivity contribution in [2.45, 2.75) is 64.0 Å². The van der Waals surface area contributed by atoms with E-state index in [1.54, 1.807) is 0 Å². The summed E-state index contributed by atoms with van der Waals surface area (Å²) in [7, 11) is 0. The molecular weight excluding hydrogens is 184 g/mol. The van der Waals surface area contributed by atoms with E-state index in [-0.39, 0.29) is 0 Å². The van der Waals surface area contributed by atoms with E-state index in [1.807, 2.05) is 0 Å². The van der Waals surface area contributed by atoms with Crippen molar-refractivity contribution in [2.75, 3.05) is 19.6 Å². The van der Waals surface area contributed by atoms with Gasteiger partial charge in [-0.3, -0.25) is 4.90 Å². The molecule has 1 saturated carbocycles. The number of rotatable bonds is 2. The number of nitrogens with one attached hydrogen (secondary N) is 1. The highest BCUT2D eigenvalue weighted by atomic mass is 15.2. The summed E-state index contributed by atoms with van der Waals surface area (Å²) in [5.41, 5.74) is 0.873. The molecule has 0 aromatic carbocycles. The topological polar surface area (TPSA) is 15.3 Å². The normalized spacial score (nSPS) is 37.0. The summed E-state index contributed by atoms with van der Waals surface area (Å²) in [6, 6.07) is 0. The van der Waals surface area contributed by atoms with Crippen LogP contribution in [0.15, 0.2) is 0 Å². The Bertz CT molecular complexity index is 223. The second-order valence-corrected chi connectivity index (χ2v) is 5.97. The van der Waals surface area contributed by atoms with Gasteiger partial charge >= 0.3 is 0 Å². The third-order valence-electron chi connectivity index (χ3n) is 4.67. The standard InChI is InChI=1S/C13H26N2/c1-4-12(2)11-15(10-6-9-14-12)13(3)7-5-8-13/h14H,4-11H2,1-3H3. The molecule has 1 N–H and O–H groups in total. The lowest BCUT2D eigenvalue weighted by molar-refractivity contribution is 0.0195. The SMILES string of the molecule is CCC1(C)CN(C2(C)CCC2)CCCN1. The fourth-order valence-electron chi connectivity index (χ4n) is 2.92. The van der Waals surface area contributed by atoms with E-state index in [1.165, 1.54) is 51.7 Å². The average molecular weight is 210 g/mol. The molecule has 1 atom stereocenters. The lowest BCUT2D eigenvalue weighted by Crippen LogP contribution is -2.57. The summed E-state index contributed by atoms with van der Waals surface area (Å²) in [5, 5.41) is 3.72. The minimum absolute atomic E-state index is 0.342. The predicted octanol–water partition coefficient (Wildman–Crippen LogP) is 2.39. The Morgan fingerprint density at radius 3 is 2.47 bits per heavy atom. The minimum Gasteiger partial charge on any atom is -0.310 e. The first-order valence-electron chi connectivity index (χ1n) is 6.58. The van der Waals surface area contributed by atoms with E-state index >= 15 is 0 Å². The van der Waals surface area contributed by atoms with Gasteiger partial charge in [0, 0.05) is 17.6 Å². The maximum Gasteiger partial charge on any atom is 0.0278 e. The van der Waals surface area contributed by atoms with E-state index < -0.39 is 0 Å². The number of nitrogens with zero attached hydrogens (tertiary/aromatic N) is 1. The molecule has 1 unspecified atom stereocenters. The maximum atomic E-state index is 3.72. The monoisotopic (exact) mass is 210 g/mol. The highest BCUT2D eigenvalue weighted by Crippen LogP contribution is 2.38. The molecule has 0 bridgehead atoms. The van der Waals surface area contributed by atoms with Crippen molar-refractivity contribution in [3.05, 3.63) is 0 Å². The van der Waals surface area contributed by atoms with Crippen LogP contribution in [0.2, 0.25) is 0 Å². The van der Waals surface area contributed by atoms with E-state index in [9.17, 15) is 0 Å². The second kappa shape index (κ2) is 4.06. The zero-order valence-corrected chi connectivity index (χ0v) is 10.6. The first-order chi connectivity index (χ1) is 7.08. The largest absolute Gasteiger partial charge is 0.310 e. The third-order valence-corrected chi connectivity index (χ3v) is 4.67. The molecule has 1 aliphatic carbocycles. The molecule has 0 aromatic rings. The Morgan fingerprint density at radius 1 is 1.20 bits per heavy atom. The molecule has 1 aliphatic heterocycles. The van der Waals surface area contributed by atoms with Crippen LogP contribution in [0.5, 0.6) is 0 Å². The molecule has 15 heavy (non-hydrogen) atoms. The van der Waals surface area contributed by atoms with Crippen LogP contribution in [-0.2, 0) is 0 Å². The van der Waals surface area contributed by atoms with Crippen LogP contribution in [0.25, 0.3) is 0 Å². The van der Waals surface area contributed by atoms with Crippen molar-refractivity contribution in [3.8, 4) is 0 Å². The van der Waals surface area contributed by atoms with Crippen molar-refractivity contribution >= 4 is 0 Å². The quantitative estimate of drug-likeness (QED) is 0.753. The summed E-state index contributed by atoms with van der Waals surface area (Å²) < 4.78 is 0. The van der Waals surface area contributed by atoms with Gasteiger partial charge in [0.25, 0.3) is 0 Å². The molecule has 1 saturated heterocycles. The van der Waals surface area contributed by atoms with Crippen molar-refractivity contribution < 1.29 is 0 Å². The van der Waals surface area contributed by atoms with Gasteiger partial charge in [-0.25, -0.2) is 0 Å². The smallest absolute Gasteiger partial charge is 0.0278 e. The van der Waals surface area contributed by atoms with Crippen LogP contribution in [0, 0.1) is 0 Å². The first-order valence-corrected chi connectivity index (χ1v) is 6.58. The molecular formula is C13H26N2. The molecule has 0 radical (unpaired) electrons. The van der Waals surface area contributed by atoms with Gasteiger partial charge in [-0.2, -0.15) is 0 Å². The first kappa shape index (κ1) is 11.4. The lowest BCUT2D eigenvalue weighted by Gasteiger charge is -2.50. The number of hydrogen-bond donors (Lipinski definition) is 1. The highest BCUT2D eigenvalue weighted by molar-refractivity contribution is 4.99. The van der Waals surface area contributed by atoms with Crippen molar-refractivity contribution in [1.29, 1.82) is 0 Å². The molecule has 0 spiro atoms. The molecule has 0 aromatic heterocycles. The van der Waals surface area contributed by atoms with Gasteiger partial charge in [-0.1, -0.05) is 6.92 Å². The molecule has 2 rings (SSSR count). The number of hydrogen-bond acceptors (Lipinski definition) is 2. The van der Waals surface area contributed by atoms with Gasteiger partial charge in [0.15, 0.2) is 0 Å². The van der Waals surface area contributed by atoms with E-state index in [0.29, 0.717) is 11.1 Å². The zero-order chi connectivity index (χ0) is 10.9. The third kappa shape index (κ3) is 2.21. The Hall–Kier alpha value is -0.0800. The Morgan fingerprint density at radius 2 is 1.93 bits per heavy atom. The van der Waals surface area contributed by atoms with Crippen LogP contribution in [0.3, 0.4) is 0 Å². The van der Waals surface area contributed by atoms with Gasteiger partial charge in [-0.05, 0) is 59.0 Å². The van der Waals surface area contributed by atoms with Crippen LogP contribution in [0.1, 0.15) is 52.9 Å². The van der Waals surface area contributed by atoms with Gasteiger partial charge in [0.1, 0.15) is 0 Å². The maximum absolute atomic E-state index is 3.72. The fraction of sp³-hybridized carbons (Fsp3) is 1.00. The Labute approximate surface area is 94.4 Å². The van der Waals surface area contributed by atoms with E-state index in [2.05, 4.69) is 31.0 Å². The van der Waals surface area contributed by atoms with Crippen LogP contribution in [0.4, 0.5) is 0 Å². The second-order valence-electron chi connectivity index (χ2n) is 5.97. The van der Waals surface area contributed by atoms with Crippen LogP contribution >= 0.6 is 0 Å². The zero-order valence-electron chi connectivity index (χ0n) is 10.6. The highest BCUT2D eigenvalue weighted by Gasteiger charge is 2.41. The summed E-state index contributed by atoms with van der Waals surface area (Å²) >= 11 is 0. The molecule has 2 aliphatic rings. The molecule has 2 heteroatoms. The summed E-state index contributed by atoms with van der Waals surface area (Å²) in [4.78, 5) is 2.75. The summed E-state index contributed by atoms with van der Waals surface area (Å²) in [6.07, 6.45) is 6.80. The lowest BCUT2D eigenvalue weighted by atomic mass is 9.76. The Kier molecular flexibility index (Phi) is 3.09. The average Bonchev–Trinajstić information content (AvgIpc) is 2.38. The molecule has 88 valence electrons. The molecule has 2 fully saturated rings. The fourth-order valence-corrected chi connectivity index (χ4v) is 2.92. The molecule has 2 nitrogen and oxygen atoms in total. The molecule has 1 heterocycles. The van der Waals surface area contributed by atoms with Crippen molar-refractivity contribution in [1.82, 2.24) is 10.2 Å². The van der Waals surface area contributed by atoms with Gasteiger partial charge < -0.3 is 5.32 Å². The summed E-state index contributed by atoms with van der Waals surface area (Å²) in [6.45, 7) is 10.9. The van der Waals surface area contributed by atoms with E-state index in [4.69, 9.17) is 0 Å². The van der Waals surface area contributed by atoms with E-state index in [0.717, 1.165) is 0 Å².